The molecule has 5 nitrogen and oxygen atoms in total. The van der Waals surface area contributed by atoms with Crippen molar-refractivity contribution in [2.45, 2.75) is 20.4 Å². The monoisotopic (exact) mass is 382 g/mol. The number of amides is 1. The number of hydrogen-bond acceptors (Lipinski definition) is 4. The zero-order valence-electron chi connectivity index (χ0n) is 15.1. The minimum Gasteiger partial charge on any atom is -0.452 e. The number of fused-ring (bicyclic) bond motifs is 1. The van der Waals surface area contributed by atoms with Crippen LogP contribution in [0.15, 0.2) is 48.5 Å². The number of esters is 1. The molecule has 1 aromatic heterocycles. The second-order valence-electron chi connectivity index (χ2n) is 6.16. The Hall–Kier alpha value is -2.92. The SMILES string of the molecule is Cc1nc2ccccc2c(C)c1C(=O)OCC(=O)NCc1ccccc1Cl. The minimum absolute atomic E-state index is 0.269. The Kier molecular flexibility index (Phi) is 5.72. The molecule has 1 amide bonds. The van der Waals surface area contributed by atoms with Crippen LogP contribution in [0.3, 0.4) is 0 Å². The molecule has 6 heteroatoms. The molecule has 3 aromatic rings. The van der Waals surface area contributed by atoms with Gasteiger partial charge in [0, 0.05) is 17.0 Å². The van der Waals surface area contributed by atoms with E-state index in [9.17, 15) is 9.59 Å². The third-order valence-electron chi connectivity index (χ3n) is 4.31. The normalized spacial score (nSPS) is 10.6. The first kappa shape index (κ1) is 18.9. The molecule has 0 aliphatic heterocycles. The average Bonchev–Trinajstić information content (AvgIpc) is 2.65. The molecule has 3 rings (SSSR count). The molecule has 0 fully saturated rings. The zero-order chi connectivity index (χ0) is 19.4. The van der Waals surface area contributed by atoms with Gasteiger partial charge in [0.05, 0.1) is 16.8 Å². The van der Waals surface area contributed by atoms with E-state index in [2.05, 4.69) is 10.3 Å². The number of carbonyl (C=O) groups is 2. The number of para-hydroxylation sites is 1. The highest BCUT2D eigenvalue weighted by Gasteiger charge is 2.18. The van der Waals surface area contributed by atoms with Crippen molar-refractivity contribution in [3.8, 4) is 0 Å². The van der Waals surface area contributed by atoms with Crippen LogP contribution in [0.2, 0.25) is 5.02 Å². The smallest absolute Gasteiger partial charge is 0.340 e. The summed E-state index contributed by atoms with van der Waals surface area (Å²) >= 11 is 6.05. The van der Waals surface area contributed by atoms with E-state index < -0.39 is 11.9 Å². The molecule has 0 spiro atoms. The van der Waals surface area contributed by atoms with Gasteiger partial charge in [-0.15, -0.1) is 0 Å². The van der Waals surface area contributed by atoms with E-state index in [0.717, 1.165) is 22.0 Å². The number of halogens is 1. The molecule has 0 bridgehead atoms. The van der Waals surface area contributed by atoms with Gasteiger partial charge < -0.3 is 10.1 Å². The number of hydrogen-bond donors (Lipinski definition) is 1. The van der Waals surface area contributed by atoms with Crippen LogP contribution in [0.25, 0.3) is 10.9 Å². The molecule has 138 valence electrons. The first-order chi connectivity index (χ1) is 13.0. The van der Waals surface area contributed by atoms with Crippen LogP contribution in [0, 0.1) is 13.8 Å². The van der Waals surface area contributed by atoms with Crippen LogP contribution in [0.1, 0.15) is 27.2 Å². The summed E-state index contributed by atoms with van der Waals surface area (Å²) in [5, 5.41) is 4.15. The van der Waals surface area contributed by atoms with Crippen molar-refractivity contribution in [2.24, 2.45) is 0 Å². The first-order valence-corrected chi connectivity index (χ1v) is 8.88. The largest absolute Gasteiger partial charge is 0.452 e. The Morgan fingerprint density at radius 3 is 2.56 bits per heavy atom. The predicted molar refractivity (Wildman–Crippen MR) is 105 cm³/mol. The number of nitrogens with one attached hydrogen (secondary N) is 1. The number of carbonyl (C=O) groups excluding carboxylic acids is 2. The van der Waals surface area contributed by atoms with E-state index in [1.807, 2.05) is 49.4 Å². The second kappa shape index (κ2) is 8.18. The molecule has 0 saturated heterocycles. The number of nitrogens with zero attached hydrogens (tertiary/aromatic N) is 1. The highest BCUT2D eigenvalue weighted by atomic mass is 35.5. The highest BCUT2D eigenvalue weighted by molar-refractivity contribution is 6.31. The maximum atomic E-state index is 12.5. The third-order valence-corrected chi connectivity index (χ3v) is 4.67. The number of aromatic nitrogens is 1. The van der Waals surface area contributed by atoms with Gasteiger partial charge in [0.1, 0.15) is 0 Å². The lowest BCUT2D eigenvalue weighted by molar-refractivity contribution is -0.124. The van der Waals surface area contributed by atoms with Crippen molar-refractivity contribution in [2.75, 3.05) is 6.61 Å². The van der Waals surface area contributed by atoms with Crippen LogP contribution in [0.5, 0.6) is 0 Å². The lowest BCUT2D eigenvalue weighted by Crippen LogP contribution is -2.28. The summed E-state index contributed by atoms with van der Waals surface area (Å²) in [4.78, 5) is 29.0. The average molecular weight is 383 g/mol. The van der Waals surface area contributed by atoms with Crippen LogP contribution in [0.4, 0.5) is 0 Å². The summed E-state index contributed by atoms with van der Waals surface area (Å²) < 4.78 is 5.20. The van der Waals surface area contributed by atoms with Gasteiger partial charge in [-0.25, -0.2) is 4.79 Å². The van der Waals surface area contributed by atoms with Gasteiger partial charge in [0.25, 0.3) is 5.91 Å². The van der Waals surface area contributed by atoms with Crippen LogP contribution in [-0.2, 0) is 16.1 Å². The van der Waals surface area contributed by atoms with E-state index in [1.165, 1.54) is 0 Å². The molecule has 0 aliphatic rings. The maximum absolute atomic E-state index is 12.5. The maximum Gasteiger partial charge on any atom is 0.340 e. The Labute approximate surface area is 162 Å². The van der Waals surface area contributed by atoms with Gasteiger partial charge in [-0.2, -0.15) is 0 Å². The van der Waals surface area contributed by atoms with Gasteiger partial charge in [0.2, 0.25) is 0 Å². The minimum atomic E-state index is -0.559. The van der Waals surface area contributed by atoms with Crippen molar-refractivity contribution in [1.82, 2.24) is 10.3 Å². The van der Waals surface area contributed by atoms with E-state index in [-0.39, 0.29) is 13.2 Å². The second-order valence-corrected chi connectivity index (χ2v) is 6.57. The number of rotatable bonds is 5. The summed E-state index contributed by atoms with van der Waals surface area (Å²) in [6, 6.07) is 14.8. The van der Waals surface area contributed by atoms with Gasteiger partial charge in [-0.3, -0.25) is 9.78 Å². The summed E-state index contributed by atoms with van der Waals surface area (Å²) in [6.45, 7) is 3.51. The summed E-state index contributed by atoms with van der Waals surface area (Å²) in [5.41, 5.74) is 3.38. The standard InChI is InChI=1S/C21H19ClN2O3/c1-13-16-8-4-6-10-18(16)24-14(2)20(13)21(26)27-12-19(25)23-11-15-7-3-5-9-17(15)22/h3-10H,11-12H2,1-2H3,(H,23,25). The molecule has 0 saturated carbocycles. The van der Waals surface area contributed by atoms with Crippen molar-refractivity contribution in [3.63, 3.8) is 0 Å². The van der Waals surface area contributed by atoms with Crippen molar-refractivity contribution in [3.05, 3.63) is 75.9 Å². The lowest BCUT2D eigenvalue weighted by atomic mass is 10.0. The Morgan fingerprint density at radius 2 is 1.78 bits per heavy atom. The third kappa shape index (κ3) is 4.26. The molecule has 0 atom stereocenters. The van der Waals surface area contributed by atoms with Gasteiger partial charge >= 0.3 is 5.97 Å². The van der Waals surface area contributed by atoms with Gasteiger partial charge in [-0.1, -0.05) is 48.0 Å². The fourth-order valence-electron chi connectivity index (χ4n) is 2.92. The van der Waals surface area contributed by atoms with Crippen molar-refractivity contribution >= 4 is 34.4 Å². The molecule has 2 aromatic carbocycles. The Balaban J connectivity index is 1.65. The molecule has 0 unspecified atom stereocenters. The first-order valence-electron chi connectivity index (χ1n) is 8.50. The number of aryl methyl sites for hydroxylation is 2. The fraction of sp³-hybridized carbons (Fsp3) is 0.190. The Morgan fingerprint density at radius 1 is 1.07 bits per heavy atom. The quantitative estimate of drug-likeness (QED) is 0.678. The molecule has 1 heterocycles. The molecule has 0 radical (unpaired) electrons. The summed E-state index contributed by atoms with van der Waals surface area (Å²) in [5.74, 6) is -0.955. The Bertz CT molecular complexity index is 1020. The zero-order valence-corrected chi connectivity index (χ0v) is 15.8. The van der Waals surface area contributed by atoms with Crippen molar-refractivity contribution < 1.29 is 14.3 Å². The van der Waals surface area contributed by atoms with Gasteiger partial charge in [0.15, 0.2) is 6.61 Å². The summed E-state index contributed by atoms with van der Waals surface area (Å²) in [6.07, 6.45) is 0. The van der Waals surface area contributed by atoms with Gasteiger partial charge in [-0.05, 0) is 37.1 Å². The van der Waals surface area contributed by atoms with Crippen molar-refractivity contribution in [1.29, 1.82) is 0 Å². The van der Waals surface area contributed by atoms with E-state index in [4.69, 9.17) is 16.3 Å². The number of benzene rings is 2. The molecule has 1 N–H and O–H groups in total. The lowest BCUT2D eigenvalue weighted by Gasteiger charge is -2.12. The molecule has 27 heavy (non-hydrogen) atoms. The van der Waals surface area contributed by atoms with E-state index in [1.54, 1.807) is 13.0 Å². The predicted octanol–water partition coefficient (Wildman–Crippen LogP) is 3.98. The molecule has 0 aliphatic carbocycles. The number of ether oxygens (including phenoxy) is 1. The molecular weight excluding hydrogens is 364 g/mol. The van der Waals surface area contributed by atoms with E-state index in [0.29, 0.717) is 16.3 Å². The highest BCUT2D eigenvalue weighted by Crippen LogP contribution is 2.23. The van der Waals surface area contributed by atoms with Crippen LogP contribution < -0.4 is 5.32 Å². The van der Waals surface area contributed by atoms with E-state index >= 15 is 0 Å². The van der Waals surface area contributed by atoms with Crippen LogP contribution in [-0.4, -0.2) is 23.5 Å². The number of pyridine rings is 1. The van der Waals surface area contributed by atoms with Crippen LogP contribution >= 0.6 is 11.6 Å². The fourth-order valence-corrected chi connectivity index (χ4v) is 3.12. The molecular formula is C21H19ClN2O3. The topological polar surface area (TPSA) is 68.3 Å². The summed E-state index contributed by atoms with van der Waals surface area (Å²) in [7, 11) is 0.